The largest absolute Gasteiger partial charge is 1.00 e. The number of hydrogen-bond acceptors (Lipinski definition) is 5. The summed E-state index contributed by atoms with van der Waals surface area (Å²) in [6.07, 6.45) is 0. The molecule has 0 atom stereocenters. The lowest BCUT2D eigenvalue weighted by atomic mass is 10.2. The number of morpholine rings is 1. The van der Waals surface area contributed by atoms with Crippen LogP contribution in [0.4, 0.5) is 4.39 Å². The quantitative estimate of drug-likeness (QED) is 0.403. The van der Waals surface area contributed by atoms with Gasteiger partial charge in [0, 0.05) is 38.3 Å². The molecule has 2 aromatic carbocycles. The predicted molar refractivity (Wildman–Crippen MR) is 108 cm³/mol. The zero-order chi connectivity index (χ0) is 19.8. The molecule has 30 heavy (non-hydrogen) atoms. The van der Waals surface area contributed by atoms with E-state index >= 15 is 0 Å². The highest BCUT2D eigenvalue weighted by Crippen LogP contribution is 2.37. The topological polar surface area (TPSA) is 43.0 Å². The van der Waals surface area contributed by atoms with Crippen molar-refractivity contribution in [2.45, 2.75) is 13.2 Å². The number of benzene rings is 2. The zero-order valence-corrected chi connectivity index (χ0v) is 19.1. The van der Waals surface area contributed by atoms with Gasteiger partial charge in [-0.25, -0.2) is 4.39 Å². The maximum atomic E-state index is 13.8. The molecule has 0 aromatic heterocycles. The first-order chi connectivity index (χ1) is 13.7. The minimum absolute atomic E-state index is 0. The molecule has 1 aliphatic heterocycles. The molecule has 1 saturated heterocycles. The Labute approximate surface area is 194 Å². The smallest absolute Gasteiger partial charge is 0.180 e. The van der Waals surface area contributed by atoms with E-state index in [0.29, 0.717) is 28.6 Å². The highest BCUT2D eigenvalue weighted by Gasteiger charge is 2.14. The van der Waals surface area contributed by atoms with Crippen molar-refractivity contribution >= 4 is 11.6 Å². The Morgan fingerprint density at radius 2 is 1.90 bits per heavy atom. The summed E-state index contributed by atoms with van der Waals surface area (Å²) in [5.41, 5.74) is 1.47. The molecule has 0 saturated carbocycles. The second-order valence-corrected chi connectivity index (χ2v) is 7.03. The van der Waals surface area contributed by atoms with E-state index in [2.05, 4.69) is 10.2 Å². The Kier molecular flexibility index (Phi) is 12.4. The van der Waals surface area contributed by atoms with Crippen molar-refractivity contribution < 1.29 is 43.4 Å². The molecule has 168 valence electrons. The van der Waals surface area contributed by atoms with E-state index in [1.54, 1.807) is 25.3 Å². The lowest BCUT2D eigenvalue weighted by molar-refractivity contribution is -0.00100. The number of hydrogen-bond donors (Lipinski definition) is 1. The van der Waals surface area contributed by atoms with Crippen molar-refractivity contribution in [3.8, 4) is 11.5 Å². The van der Waals surface area contributed by atoms with Gasteiger partial charge in [-0.3, -0.25) is 4.90 Å². The van der Waals surface area contributed by atoms with Crippen molar-refractivity contribution in [3.05, 3.63) is 58.4 Å². The molecule has 1 aliphatic rings. The van der Waals surface area contributed by atoms with E-state index in [1.807, 2.05) is 12.1 Å². The Hall–Kier alpha value is -1.28. The second kappa shape index (κ2) is 13.9. The van der Waals surface area contributed by atoms with Crippen LogP contribution in [0.2, 0.25) is 5.02 Å². The van der Waals surface area contributed by atoms with Gasteiger partial charge in [0.05, 0.1) is 25.3 Å². The lowest BCUT2D eigenvalue weighted by Crippen LogP contribution is -3.00. The minimum Gasteiger partial charge on any atom is -1.00 e. The molecule has 0 aliphatic carbocycles. The first-order valence-electron chi connectivity index (χ1n) is 9.41. The second-order valence-electron chi connectivity index (χ2n) is 6.62. The molecule has 1 heterocycles. The van der Waals surface area contributed by atoms with Crippen molar-refractivity contribution in [1.82, 2.24) is 10.2 Å². The van der Waals surface area contributed by atoms with E-state index in [9.17, 15) is 4.39 Å². The summed E-state index contributed by atoms with van der Waals surface area (Å²) in [5.74, 6) is 0.650. The maximum Gasteiger partial charge on any atom is 0.180 e. The molecule has 5 nitrogen and oxygen atoms in total. The molecule has 0 unspecified atom stereocenters. The fourth-order valence-electron chi connectivity index (χ4n) is 3.08. The number of halogens is 4. The summed E-state index contributed by atoms with van der Waals surface area (Å²) in [7, 11) is 1.57. The summed E-state index contributed by atoms with van der Waals surface area (Å²) in [4.78, 5) is 2.38. The Bertz CT molecular complexity index is 777. The van der Waals surface area contributed by atoms with Crippen LogP contribution in [0, 0.1) is 5.82 Å². The molecule has 0 amide bonds. The monoisotopic (exact) mass is 478 g/mol. The SMILES string of the molecule is COc1cc(CNCCN2CCOCC2)cc(Cl)c1OCc1ccccc1F.[Cl-].[Cl-]. The highest BCUT2D eigenvalue weighted by atomic mass is 35.5. The van der Waals surface area contributed by atoms with E-state index in [1.165, 1.54) is 6.07 Å². The standard InChI is InChI=1S/C21H26ClFN2O3.2ClH/c1-26-20-13-16(14-24-6-7-25-8-10-27-11-9-25)12-18(22)21(20)28-15-17-4-2-3-5-19(17)23;;/h2-5,12-13,24H,6-11,14-15H2,1H3;2*1H/p-2. The van der Waals surface area contributed by atoms with E-state index in [-0.39, 0.29) is 37.2 Å². The van der Waals surface area contributed by atoms with Crippen LogP contribution in [0.5, 0.6) is 11.5 Å². The molecule has 0 spiro atoms. The summed E-state index contributed by atoms with van der Waals surface area (Å²) >= 11 is 6.41. The number of ether oxygens (including phenoxy) is 3. The van der Waals surface area contributed by atoms with Gasteiger partial charge in [-0.1, -0.05) is 29.8 Å². The van der Waals surface area contributed by atoms with Gasteiger partial charge in [0.2, 0.25) is 0 Å². The van der Waals surface area contributed by atoms with Crippen molar-refractivity contribution in [2.24, 2.45) is 0 Å². The summed E-state index contributed by atoms with van der Waals surface area (Å²) < 4.78 is 30.3. The van der Waals surface area contributed by atoms with E-state index in [4.69, 9.17) is 25.8 Å². The predicted octanol–water partition coefficient (Wildman–Crippen LogP) is -2.50. The number of nitrogens with zero attached hydrogens (tertiary/aromatic N) is 1. The third-order valence-electron chi connectivity index (χ3n) is 4.66. The molecule has 2 aromatic rings. The van der Waals surface area contributed by atoms with Crippen LogP contribution < -0.4 is 39.6 Å². The van der Waals surface area contributed by atoms with Crippen LogP contribution in [0.3, 0.4) is 0 Å². The van der Waals surface area contributed by atoms with Crippen molar-refractivity contribution in [3.63, 3.8) is 0 Å². The average Bonchev–Trinajstić information content (AvgIpc) is 2.72. The molecule has 1 fully saturated rings. The van der Waals surface area contributed by atoms with Crippen LogP contribution in [0.25, 0.3) is 0 Å². The van der Waals surface area contributed by atoms with E-state index in [0.717, 1.165) is 45.0 Å². The minimum atomic E-state index is -0.307. The Morgan fingerprint density at radius 3 is 2.60 bits per heavy atom. The van der Waals surface area contributed by atoms with Gasteiger partial charge >= 0.3 is 0 Å². The summed E-state index contributed by atoms with van der Waals surface area (Å²) in [6.45, 7) is 6.20. The molecule has 9 heteroatoms. The third kappa shape index (κ3) is 7.76. The summed E-state index contributed by atoms with van der Waals surface area (Å²) in [6, 6.07) is 10.2. The van der Waals surface area contributed by atoms with Crippen molar-refractivity contribution in [2.75, 3.05) is 46.5 Å². The molecule has 1 N–H and O–H groups in total. The molecule has 0 bridgehead atoms. The Balaban J connectivity index is 0.00000225. The van der Waals surface area contributed by atoms with Crippen LogP contribution >= 0.6 is 11.6 Å². The van der Waals surface area contributed by atoms with Gasteiger partial charge in [-0.15, -0.1) is 0 Å². The lowest BCUT2D eigenvalue weighted by Gasteiger charge is -2.26. The van der Waals surface area contributed by atoms with Crippen LogP contribution in [0.15, 0.2) is 36.4 Å². The Morgan fingerprint density at radius 1 is 1.17 bits per heavy atom. The van der Waals surface area contributed by atoms with Crippen LogP contribution in [-0.2, 0) is 17.9 Å². The van der Waals surface area contributed by atoms with Gasteiger partial charge < -0.3 is 44.3 Å². The zero-order valence-electron chi connectivity index (χ0n) is 16.8. The first kappa shape index (κ1) is 26.8. The van der Waals surface area contributed by atoms with Gasteiger partial charge in [-0.2, -0.15) is 0 Å². The van der Waals surface area contributed by atoms with Gasteiger partial charge in [0.1, 0.15) is 12.4 Å². The highest BCUT2D eigenvalue weighted by molar-refractivity contribution is 6.32. The average molecular weight is 480 g/mol. The normalized spacial score (nSPS) is 13.8. The van der Waals surface area contributed by atoms with Crippen LogP contribution in [-0.4, -0.2) is 51.4 Å². The van der Waals surface area contributed by atoms with Crippen LogP contribution in [0.1, 0.15) is 11.1 Å². The molecular formula is C21H26Cl3FN2O3-2. The number of methoxy groups -OCH3 is 1. The van der Waals surface area contributed by atoms with Gasteiger partial charge in [0.25, 0.3) is 0 Å². The first-order valence-corrected chi connectivity index (χ1v) is 9.78. The third-order valence-corrected chi connectivity index (χ3v) is 4.94. The number of rotatable bonds is 9. The van der Waals surface area contributed by atoms with Crippen molar-refractivity contribution in [1.29, 1.82) is 0 Å². The molecular weight excluding hydrogens is 454 g/mol. The van der Waals surface area contributed by atoms with Gasteiger partial charge in [0.15, 0.2) is 11.5 Å². The fourth-order valence-corrected chi connectivity index (χ4v) is 3.36. The fraction of sp³-hybridized carbons (Fsp3) is 0.429. The van der Waals surface area contributed by atoms with Gasteiger partial charge in [-0.05, 0) is 23.8 Å². The summed E-state index contributed by atoms with van der Waals surface area (Å²) in [5, 5.41) is 3.87. The molecule has 3 rings (SSSR count). The number of nitrogens with one attached hydrogen (secondary N) is 1. The molecule has 0 radical (unpaired) electrons. The van der Waals surface area contributed by atoms with E-state index < -0.39 is 0 Å². The maximum absolute atomic E-state index is 13.8.